The summed E-state index contributed by atoms with van der Waals surface area (Å²) in [5.41, 5.74) is 0.339. The van der Waals surface area contributed by atoms with Crippen molar-refractivity contribution in [3.63, 3.8) is 0 Å². The molecule has 3 unspecified atom stereocenters. The van der Waals surface area contributed by atoms with Gasteiger partial charge in [0.05, 0.1) is 10.8 Å². The first-order valence-corrected chi connectivity index (χ1v) is 6.12. The van der Waals surface area contributed by atoms with E-state index in [0.717, 1.165) is 0 Å². The van der Waals surface area contributed by atoms with Gasteiger partial charge in [-0.15, -0.1) is 0 Å². The second-order valence-corrected chi connectivity index (χ2v) is 5.27. The largest absolute Gasteiger partial charge is 0.480 e. The van der Waals surface area contributed by atoms with E-state index in [9.17, 15) is 13.8 Å². The highest BCUT2D eigenvalue weighted by Gasteiger charge is 2.33. The number of hydrogen-bond acceptors (Lipinski definition) is 3. The van der Waals surface area contributed by atoms with Crippen molar-refractivity contribution >= 4 is 22.7 Å². The molecular weight excluding hydrogens is 244 g/mol. The number of aliphatic carboxylic acids is 2. The molecule has 0 aliphatic heterocycles. The van der Waals surface area contributed by atoms with E-state index in [0.29, 0.717) is 5.56 Å². The Bertz CT molecular complexity index is 442. The Morgan fingerprint density at radius 1 is 1.12 bits per heavy atom. The van der Waals surface area contributed by atoms with E-state index in [2.05, 4.69) is 0 Å². The maximum absolute atomic E-state index is 11.9. The molecule has 6 heteroatoms. The maximum atomic E-state index is 11.9. The van der Waals surface area contributed by atoms with E-state index in [4.69, 9.17) is 10.2 Å². The Hall–Kier alpha value is -1.69. The molecule has 1 aromatic rings. The van der Waals surface area contributed by atoms with Crippen molar-refractivity contribution < 1.29 is 24.0 Å². The van der Waals surface area contributed by atoms with Crippen LogP contribution < -0.4 is 0 Å². The molecule has 2 N–H and O–H groups in total. The third-order valence-electron chi connectivity index (χ3n) is 2.26. The number of rotatable bonds is 5. The number of hydrogen-bond donors (Lipinski definition) is 2. The molecular formula is C11H12O5S. The van der Waals surface area contributed by atoms with Crippen LogP contribution in [0, 0.1) is 0 Å². The summed E-state index contributed by atoms with van der Waals surface area (Å²) in [5.74, 6) is -2.56. The number of carboxylic acids is 2. The average molecular weight is 256 g/mol. The minimum atomic E-state index is -2.01. The van der Waals surface area contributed by atoms with E-state index in [1.54, 1.807) is 18.2 Å². The van der Waals surface area contributed by atoms with Crippen molar-refractivity contribution in [3.8, 4) is 0 Å². The Kier molecular flexibility index (Phi) is 4.39. The van der Waals surface area contributed by atoms with Crippen LogP contribution in [0.25, 0.3) is 0 Å². The lowest BCUT2D eigenvalue weighted by Gasteiger charge is -2.15. The summed E-state index contributed by atoms with van der Waals surface area (Å²) in [6, 6.07) is 7.98. The highest BCUT2D eigenvalue weighted by atomic mass is 32.2. The van der Waals surface area contributed by atoms with Crippen LogP contribution in [-0.4, -0.2) is 31.6 Å². The zero-order chi connectivity index (χ0) is 13.0. The molecule has 0 saturated carbocycles. The summed E-state index contributed by atoms with van der Waals surface area (Å²) in [6.45, 7) is 1.23. The van der Waals surface area contributed by atoms with Crippen molar-refractivity contribution in [2.24, 2.45) is 0 Å². The molecule has 0 fully saturated rings. The quantitative estimate of drug-likeness (QED) is 0.821. The van der Waals surface area contributed by atoms with Crippen LogP contribution in [0.1, 0.15) is 17.7 Å². The van der Waals surface area contributed by atoms with Gasteiger partial charge in [0.25, 0.3) is 0 Å². The van der Waals surface area contributed by atoms with Crippen LogP contribution in [0.2, 0.25) is 0 Å². The summed E-state index contributed by atoms with van der Waals surface area (Å²) < 4.78 is 11.9. The second-order valence-electron chi connectivity index (χ2n) is 3.44. The Morgan fingerprint density at radius 3 is 2.06 bits per heavy atom. The molecule has 92 valence electrons. The van der Waals surface area contributed by atoms with Gasteiger partial charge in [0.15, 0.2) is 5.25 Å². The number of benzene rings is 1. The van der Waals surface area contributed by atoms with Crippen molar-refractivity contribution in [1.82, 2.24) is 0 Å². The van der Waals surface area contributed by atoms with Gasteiger partial charge in [-0.2, -0.15) is 0 Å². The van der Waals surface area contributed by atoms with Gasteiger partial charge in [-0.25, -0.2) is 0 Å². The first kappa shape index (κ1) is 13.4. The van der Waals surface area contributed by atoms with Gasteiger partial charge in [0, 0.05) is 0 Å². The van der Waals surface area contributed by atoms with Crippen LogP contribution >= 0.6 is 0 Å². The van der Waals surface area contributed by atoms with E-state index >= 15 is 0 Å². The van der Waals surface area contributed by atoms with Crippen LogP contribution in [-0.2, 0) is 20.4 Å². The second kappa shape index (κ2) is 5.58. The number of carboxylic acid groups (broad SMARTS) is 2. The van der Waals surface area contributed by atoms with Crippen molar-refractivity contribution in [2.45, 2.75) is 17.4 Å². The third-order valence-corrected chi connectivity index (χ3v) is 4.09. The molecule has 1 aromatic carbocycles. The lowest BCUT2D eigenvalue weighted by atomic mass is 10.1. The molecule has 0 aromatic heterocycles. The van der Waals surface area contributed by atoms with Gasteiger partial charge in [0.1, 0.15) is 5.25 Å². The molecule has 0 spiro atoms. The summed E-state index contributed by atoms with van der Waals surface area (Å²) in [7, 11) is -2.01. The molecule has 17 heavy (non-hydrogen) atoms. The van der Waals surface area contributed by atoms with Crippen LogP contribution in [0.5, 0.6) is 0 Å². The van der Waals surface area contributed by atoms with Gasteiger partial charge in [-0.3, -0.25) is 13.8 Å². The molecule has 0 radical (unpaired) electrons. The fourth-order valence-corrected chi connectivity index (χ4v) is 2.54. The minimum Gasteiger partial charge on any atom is -0.480 e. The summed E-state index contributed by atoms with van der Waals surface area (Å²) in [4.78, 5) is 21.8. The van der Waals surface area contributed by atoms with E-state index in [1.165, 1.54) is 19.1 Å². The fourth-order valence-electron chi connectivity index (χ4n) is 1.31. The van der Waals surface area contributed by atoms with Gasteiger partial charge >= 0.3 is 11.9 Å². The SMILES string of the molecule is CC(C(=O)O)S(=O)C(C(=O)O)c1ccccc1. The normalized spacial score (nSPS) is 15.8. The average Bonchev–Trinajstić information content (AvgIpc) is 2.28. The third kappa shape index (κ3) is 3.13. The molecule has 0 bridgehead atoms. The van der Waals surface area contributed by atoms with Crippen LogP contribution in [0.15, 0.2) is 30.3 Å². The van der Waals surface area contributed by atoms with Crippen molar-refractivity contribution in [1.29, 1.82) is 0 Å². The molecule has 0 aliphatic rings. The zero-order valence-electron chi connectivity index (χ0n) is 9.07. The molecule has 1 rings (SSSR count). The Balaban J connectivity index is 3.07. The zero-order valence-corrected chi connectivity index (χ0v) is 9.89. The van der Waals surface area contributed by atoms with E-state index < -0.39 is 33.2 Å². The lowest BCUT2D eigenvalue weighted by molar-refractivity contribution is -0.136. The molecule has 0 saturated heterocycles. The molecule has 5 nitrogen and oxygen atoms in total. The van der Waals surface area contributed by atoms with Gasteiger partial charge in [-0.05, 0) is 12.5 Å². The van der Waals surface area contributed by atoms with Crippen LogP contribution in [0.4, 0.5) is 0 Å². The van der Waals surface area contributed by atoms with Crippen LogP contribution in [0.3, 0.4) is 0 Å². The summed E-state index contributed by atoms with van der Waals surface area (Å²) in [5, 5.41) is 15.2. The predicted molar refractivity (Wildman–Crippen MR) is 62.1 cm³/mol. The first-order valence-electron chi connectivity index (χ1n) is 4.85. The topological polar surface area (TPSA) is 91.7 Å². The lowest BCUT2D eigenvalue weighted by Crippen LogP contribution is -2.29. The summed E-state index contributed by atoms with van der Waals surface area (Å²) in [6.07, 6.45) is 0. The Labute approximate surface area is 101 Å². The monoisotopic (exact) mass is 256 g/mol. The van der Waals surface area contributed by atoms with Gasteiger partial charge < -0.3 is 10.2 Å². The number of carbonyl (C=O) groups is 2. The highest BCUT2D eigenvalue weighted by Crippen LogP contribution is 2.23. The fraction of sp³-hybridized carbons (Fsp3) is 0.273. The van der Waals surface area contributed by atoms with Gasteiger partial charge in [-0.1, -0.05) is 30.3 Å². The molecule has 0 heterocycles. The maximum Gasteiger partial charge on any atom is 0.323 e. The van der Waals surface area contributed by atoms with Crippen molar-refractivity contribution in [3.05, 3.63) is 35.9 Å². The Morgan fingerprint density at radius 2 is 1.65 bits per heavy atom. The molecule has 0 amide bonds. The summed E-state index contributed by atoms with van der Waals surface area (Å²) >= 11 is 0. The smallest absolute Gasteiger partial charge is 0.323 e. The van der Waals surface area contributed by atoms with Gasteiger partial charge in [0.2, 0.25) is 0 Å². The predicted octanol–water partition coefficient (Wildman–Crippen LogP) is 1.03. The molecule has 0 aliphatic carbocycles. The molecule has 3 atom stereocenters. The van der Waals surface area contributed by atoms with E-state index in [1.807, 2.05) is 0 Å². The van der Waals surface area contributed by atoms with E-state index in [-0.39, 0.29) is 0 Å². The minimum absolute atomic E-state index is 0.339. The standard InChI is InChI=1S/C11H12O5S/c1-7(10(12)13)17(16)9(11(14)15)8-5-3-2-4-6-8/h2-7,9H,1H3,(H,12,13)(H,14,15). The van der Waals surface area contributed by atoms with Crippen molar-refractivity contribution in [2.75, 3.05) is 0 Å². The highest BCUT2D eigenvalue weighted by molar-refractivity contribution is 7.87. The first-order chi connectivity index (χ1) is 7.95.